The molecule has 0 radical (unpaired) electrons. The number of hydrogen-bond acceptors (Lipinski definition) is 3. The van der Waals surface area contributed by atoms with Crippen molar-refractivity contribution >= 4 is 35.1 Å². The molecule has 4 rings (SSSR count). The molecule has 3 aromatic rings. The second kappa shape index (κ2) is 8.08. The number of nitrogens with one attached hydrogen (secondary N) is 3. The number of anilines is 3. The van der Waals surface area contributed by atoms with Crippen LogP contribution in [-0.2, 0) is 0 Å². The summed E-state index contributed by atoms with van der Waals surface area (Å²) >= 11 is 0. The standard InChI is InChI=1S/C23H19FN4O2/c24-16-7-9-17(10-8-16)26-23(30)28-20-12-6-14-13-15(5-11-18(14)20)22(29)27-21-4-2-1-3-19(21)25/h1-13,20H,25H2,(H,27,29)(H2,26,28,30). The molecule has 1 aliphatic carbocycles. The predicted octanol–water partition coefficient (Wildman–Crippen LogP) is 4.55. The quantitative estimate of drug-likeness (QED) is 0.482. The molecular formula is C23H19FN4O2. The van der Waals surface area contributed by atoms with Crippen LogP contribution < -0.4 is 21.7 Å². The first-order chi connectivity index (χ1) is 14.5. The zero-order valence-electron chi connectivity index (χ0n) is 15.9. The van der Waals surface area contributed by atoms with E-state index in [1.54, 1.807) is 42.5 Å². The van der Waals surface area contributed by atoms with Crippen LogP contribution in [0, 0.1) is 5.82 Å². The normalized spacial score (nSPS) is 14.1. The van der Waals surface area contributed by atoms with Gasteiger partial charge in [-0.1, -0.05) is 30.4 Å². The Labute approximate surface area is 172 Å². The van der Waals surface area contributed by atoms with Crippen LogP contribution >= 0.6 is 0 Å². The highest BCUT2D eigenvalue weighted by Crippen LogP contribution is 2.29. The van der Waals surface area contributed by atoms with Crippen molar-refractivity contribution in [1.82, 2.24) is 5.32 Å². The van der Waals surface area contributed by atoms with Gasteiger partial charge in [0.1, 0.15) is 5.82 Å². The molecule has 0 fully saturated rings. The molecule has 1 atom stereocenters. The van der Waals surface area contributed by atoms with Gasteiger partial charge in [0.25, 0.3) is 5.91 Å². The smallest absolute Gasteiger partial charge is 0.319 e. The van der Waals surface area contributed by atoms with Crippen molar-refractivity contribution in [2.75, 3.05) is 16.4 Å². The first-order valence-corrected chi connectivity index (χ1v) is 9.31. The highest BCUT2D eigenvalue weighted by molar-refractivity contribution is 6.06. The van der Waals surface area contributed by atoms with Gasteiger partial charge in [-0.25, -0.2) is 9.18 Å². The minimum absolute atomic E-state index is 0.269. The van der Waals surface area contributed by atoms with Crippen molar-refractivity contribution in [3.8, 4) is 0 Å². The van der Waals surface area contributed by atoms with Crippen LogP contribution in [0.15, 0.2) is 72.8 Å². The number of carbonyl (C=O) groups is 2. The lowest BCUT2D eigenvalue weighted by Crippen LogP contribution is -2.31. The van der Waals surface area contributed by atoms with Crippen LogP contribution in [0.1, 0.15) is 27.5 Å². The SMILES string of the molecule is Nc1ccccc1NC(=O)c1ccc2c(c1)C=CC2NC(=O)Nc1ccc(F)cc1. The lowest BCUT2D eigenvalue weighted by Gasteiger charge is -2.15. The number of rotatable bonds is 4. The van der Waals surface area contributed by atoms with Crippen LogP contribution in [0.4, 0.5) is 26.2 Å². The molecule has 0 aromatic heterocycles. The van der Waals surface area contributed by atoms with E-state index in [2.05, 4.69) is 16.0 Å². The number of urea groups is 1. The summed E-state index contributed by atoms with van der Waals surface area (Å²) in [7, 11) is 0. The van der Waals surface area contributed by atoms with E-state index in [4.69, 9.17) is 5.73 Å². The summed E-state index contributed by atoms with van der Waals surface area (Å²) in [5.74, 6) is -0.641. The van der Waals surface area contributed by atoms with Crippen LogP contribution in [-0.4, -0.2) is 11.9 Å². The number of benzene rings is 3. The molecule has 0 heterocycles. The fourth-order valence-corrected chi connectivity index (χ4v) is 3.22. The zero-order valence-corrected chi connectivity index (χ0v) is 15.9. The Morgan fingerprint density at radius 2 is 1.70 bits per heavy atom. The highest BCUT2D eigenvalue weighted by Gasteiger charge is 2.21. The Morgan fingerprint density at radius 3 is 2.47 bits per heavy atom. The third-order valence-electron chi connectivity index (χ3n) is 4.75. The second-order valence-corrected chi connectivity index (χ2v) is 6.83. The van der Waals surface area contributed by atoms with Crippen LogP contribution in [0.5, 0.6) is 0 Å². The Morgan fingerprint density at radius 1 is 0.933 bits per heavy atom. The summed E-state index contributed by atoms with van der Waals surface area (Å²) in [6, 6.07) is 17.1. The number of halogens is 1. The maximum Gasteiger partial charge on any atom is 0.319 e. The molecule has 0 bridgehead atoms. The van der Waals surface area contributed by atoms with Crippen molar-refractivity contribution in [2.24, 2.45) is 0 Å². The third kappa shape index (κ3) is 4.15. The van der Waals surface area contributed by atoms with Crippen molar-refractivity contribution in [3.05, 3.63) is 95.3 Å². The van der Waals surface area contributed by atoms with E-state index < -0.39 is 6.03 Å². The number of fused-ring (bicyclic) bond motifs is 1. The number of nitrogens with two attached hydrogens (primary N) is 1. The summed E-state index contributed by atoms with van der Waals surface area (Å²) in [5.41, 5.74) is 9.61. The first-order valence-electron chi connectivity index (χ1n) is 9.31. The van der Waals surface area contributed by atoms with Gasteiger partial charge in [0.15, 0.2) is 0 Å². The van der Waals surface area contributed by atoms with E-state index >= 15 is 0 Å². The van der Waals surface area contributed by atoms with Crippen LogP contribution in [0.2, 0.25) is 0 Å². The minimum atomic E-state index is -0.412. The van der Waals surface area contributed by atoms with E-state index in [1.807, 2.05) is 12.2 Å². The fraction of sp³-hybridized carbons (Fsp3) is 0.0435. The van der Waals surface area contributed by atoms with Crippen molar-refractivity contribution in [1.29, 1.82) is 0 Å². The molecule has 0 saturated heterocycles. The Balaban J connectivity index is 1.42. The number of amides is 3. The molecule has 1 unspecified atom stereocenters. The number of para-hydroxylation sites is 2. The van der Waals surface area contributed by atoms with E-state index in [-0.39, 0.29) is 17.8 Å². The van der Waals surface area contributed by atoms with E-state index in [1.165, 1.54) is 24.3 Å². The summed E-state index contributed by atoms with van der Waals surface area (Å²) in [5, 5.41) is 8.31. The third-order valence-corrected chi connectivity index (χ3v) is 4.75. The molecule has 30 heavy (non-hydrogen) atoms. The van der Waals surface area contributed by atoms with Gasteiger partial charge in [-0.05, 0) is 59.7 Å². The van der Waals surface area contributed by atoms with Crippen molar-refractivity contribution in [2.45, 2.75) is 6.04 Å². The van der Waals surface area contributed by atoms with Crippen LogP contribution in [0.25, 0.3) is 6.08 Å². The maximum atomic E-state index is 13.0. The molecule has 0 spiro atoms. The molecule has 0 aliphatic heterocycles. The van der Waals surface area contributed by atoms with E-state index in [9.17, 15) is 14.0 Å². The molecule has 150 valence electrons. The Bertz CT molecular complexity index is 1140. The molecule has 7 heteroatoms. The topological polar surface area (TPSA) is 96.2 Å². The maximum absolute atomic E-state index is 13.0. The van der Waals surface area contributed by atoms with Gasteiger partial charge in [0.2, 0.25) is 0 Å². The van der Waals surface area contributed by atoms with Gasteiger partial charge in [-0.3, -0.25) is 4.79 Å². The molecule has 5 N–H and O–H groups in total. The highest BCUT2D eigenvalue weighted by atomic mass is 19.1. The monoisotopic (exact) mass is 402 g/mol. The lowest BCUT2D eigenvalue weighted by molar-refractivity contribution is 0.102. The second-order valence-electron chi connectivity index (χ2n) is 6.83. The zero-order chi connectivity index (χ0) is 21.1. The van der Waals surface area contributed by atoms with Gasteiger partial charge >= 0.3 is 6.03 Å². The van der Waals surface area contributed by atoms with Gasteiger partial charge < -0.3 is 21.7 Å². The minimum Gasteiger partial charge on any atom is -0.397 e. The summed E-state index contributed by atoms with van der Waals surface area (Å²) in [6.45, 7) is 0. The van der Waals surface area contributed by atoms with Gasteiger partial charge in [-0.15, -0.1) is 0 Å². The Kier molecular flexibility index (Phi) is 5.17. The molecule has 3 amide bonds. The predicted molar refractivity (Wildman–Crippen MR) is 116 cm³/mol. The first kappa shape index (κ1) is 19.2. The molecule has 3 aromatic carbocycles. The van der Waals surface area contributed by atoms with Crippen LogP contribution in [0.3, 0.4) is 0 Å². The van der Waals surface area contributed by atoms with E-state index in [0.29, 0.717) is 22.6 Å². The molecular weight excluding hydrogens is 383 g/mol. The van der Waals surface area contributed by atoms with Crippen molar-refractivity contribution < 1.29 is 14.0 Å². The largest absolute Gasteiger partial charge is 0.397 e. The molecule has 0 saturated carbocycles. The average Bonchev–Trinajstić information content (AvgIpc) is 3.13. The molecule has 1 aliphatic rings. The van der Waals surface area contributed by atoms with Gasteiger partial charge in [0.05, 0.1) is 17.4 Å². The fourth-order valence-electron chi connectivity index (χ4n) is 3.22. The number of carbonyl (C=O) groups excluding carboxylic acids is 2. The van der Waals surface area contributed by atoms with Gasteiger partial charge in [0, 0.05) is 11.3 Å². The van der Waals surface area contributed by atoms with E-state index in [0.717, 1.165) is 11.1 Å². The average molecular weight is 402 g/mol. The lowest BCUT2D eigenvalue weighted by atomic mass is 10.0. The van der Waals surface area contributed by atoms with Gasteiger partial charge in [-0.2, -0.15) is 0 Å². The molecule has 6 nitrogen and oxygen atoms in total. The Hall–Kier alpha value is -4.13. The van der Waals surface area contributed by atoms with Crippen molar-refractivity contribution in [3.63, 3.8) is 0 Å². The summed E-state index contributed by atoms with van der Waals surface area (Å²) in [4.78, 5) is 24.8. The summed E-state index contributed by atoms with van der Waals surface area (Å²) in [6.07, 6.45) is 3.69. The summed E-state index contributed by atoms with van der Waals surface area (Å²) < 4.78 is 13.0. The number of nitrogen functional groups attached to an aromatic ring is 1. The number of hydrogen-bond donors (Lipinski definition) is 4.